The molecule has 3 aliphatic heterocycles. The van der Waals surface area contributed by atoms with E-state index in [4.69, 9.17) is 19.8 Å². The topological polar surface area (TPSA) is 143 Å². The lowest BCUT2D eigenvalue weighted by atomic mass is 9.60. The van der Waals surface area contributed by atoms with E-state index in [0.717, 1.165) is 57.7 Å². The minimum atomic E-state index is -5.08. The number of nitrogens with zero attached hydrogens (tertiary/aromatic N) is 4. The Balaban J connectivity index is 0.000000360. The first-order chi connectivity index (χ1) is 21.9. The smallest absolute Gasteiger partial charge is 0.475 e. The molecule has 3 saturated heterocycles. The number of aromatic nitrogens is 1. The van der Waals surface area contributed by atoms with Gasteiger partial charge in [-0.2, -0.15) is 26.3 Å². The molecule has 5 rings (SSSR count). The van der Waals surface area contributed by atoms with Crippen molar-refractivity contribution in [1.29, 1.82) is 0 Å². The van der Waals surface area contributed by atoms with Crippen LogP contribution in [0, 0.1) is 10.8 Å². The van der Waals surface area contributed by atoms with Crippen molar-refractivity contribution in [3.63, 3.8) is 0 Å². The van der Waals surface area contributed by atoms with Crippen LogP contribution in [0.25, 0.3) is 0 Å². The minimum absolute atomic E-state index is 0.0525. The summed E-state index contributed by atoms with van der Waals surface area (Å²) in [6, 6.07) is 13.6. The highest BCUT2D eigenvalue weighted by Crippen LogP contribution is 2.58. The number of pyridine rings is 1. The maximum Gasteiger partial charge on any atom is 0.490 e. The summed E-state index contributed by atoms with van der Waals surface area (Å²) in [5, 5.41) is 17.3. The number of amides is 3. The van der Waals surface area contributed by atoms with Crippen LogP contribution < -0.4 is 5.32 Å². The average molecular weight is 676 g/mol. The van der Waals surface area contributed by atoms with Gasteiger partial charge in [0.05, 0.1) is 5.41 Å². The number of carboxylic acids is 2. The predicted octanol–water partition coefficient (Wildman–Crippen LogP) is 4.72. The van der Waals surface area contributed by atoms with E-state index in [9.17, 15) is 35.9 Å². The third-order valence-corrected chi connectivity index (χ3v) is 8.57. The van der Waals surface area contributed by atoms with Gasteiger partial charge in [-0.15, -0.1) is 0 Å². The van der Waals surface area contributed by atoms with Crippen LogP contribution in [-0.2, 0) is 20.9 Å². The Labute approximate surface area is 266 Å². The fourth-order valence-electron chi connectivity index (χ4n) is 6.32. The van der Waals surface area contributed by atoms with Gasteiger partial charge < -0.3 is 25.3 Å². The molecule has 4 heterocycles. The lowest BCUT2D eigenvalue weighted by Crippen LogP contribution is -2.54. The van der Waals surface area contributed by atoms with Crippen molar-refractivity contribution in [2.24, 2.45) is 10.8 Å². The number of likely N-dealkylation sites (tertiary alicyclic amines) is 3. The van der Waals surface area contributed by atoms with Crippen LogP contribution in [0.5, 0.6) is 0 Å². The summed E-state index contributed by atoms with van der Waals surface area (Å²) >= 11 is 0. The molecule has 0 aliphatic carbocycles. The van der Waals surface area contributed by atoms with E-state index in [2.05, 4.69) is 28.2 Å². The fraction of sp³-hybridized carbons (Fsp3) is 0.500. The van der Waals surface area contributed by atoms with Crippen LogP contribution in [0.2, 0.25) is 0 Å². The number of carbonyl (C=O) groups excluding carboxylic acids is 2. The molecule has 11 nitrogen and oxygen atoms in total. The van der Waals surface area contributed by atoms with E-state index in [1.54, 1.807) is 6.20 Å². The number of nitrogens with one attached hydrogen (secondary N) is 1. The Morgan fingerprint density at radius 2 is 1.45 bits per heavy atom. The second-order valence-electron chi connectivity index (χ2n) is 11.4. The number of aliphatic carboxylic acids is 2. The van der Waals surface area contributed by atoms with Crippen molar-refractivity contribution in [3.05, 3.63) is 60.4 Å². The zero-order valence-corrected chi connectivity index (χ0v) is 25.4. The van der Waals surface area contributed by atoms with Crippen LogP contribution in [0.3, 0.4) is 0 Å². The molecular formula is C30H35F6N5O6. The van der Waals surface area contributed by atoms with Gasteiger partial charge in [-0.05, 0) is 49.9 Å². The number of urea groups is 1. The maximum absolute atomic E-state index is 13.7. The average Bonchev–Trinajstić information content (AvgIpc) is 3.49. The summed E-state index contributed by atoms with van der Waals surface area (Å²) in [7, 11) is 0. The molecule has 3 aliphatic rings. The number of fused-ring (bicyclic) bond motifs is 1. The number of benzene rings is 1. The largest absolute Gasteiger partial charge is 0.490 e. The third kappa shape index (κ3) is 9.11. The Hall–Kier alpha value is -4.41. The number of rotatable bonds is 4. The van der Waals surface area contributed by atoms with E-state index in [-0.39, 0.29) is 16.9 Å². The number of carboxylic acid groups (broad SMARTS) is 2. The molecule has 0 bridgehead atoms. The van der Waals surface area contributed by atoms with E-state index < -0.39 is 24.3 Å². The Morgan fingerprint density at radius 3 is 1.91 bits per heavy atom. The second-order valence-corrected chi connectivity index (χ2v) is 11.4. The highest BCUT2D eigenvalue weighted by Gasteiger charge is 2.65. The molecule has 1 atom stereocenters. The number of carbonyl (C=O) groups is 4. The van der Waals surface area contributed by atoms with Crippen LogP contribution in [0.4, 0.5) is 36.8 Å². The first-order valence-corrected chi connectivity index (χ1v) is 14.6. The number of alkyl halides is 6. The van der Waals surface area contributed by atoms with E-state index in [1.807, 2.05) is 52.4 Å². The molecule has 0 radical (unpaired) electrons. The maximum atomic E-state index is 13.7. The molecule has 1 aromatic heterocycles. The highest BCUT2D eigenvalue weighted by atomic mass is 19.4. The van der Waals surface area contributed by atoms with Crippen molar-refractivity contribution < 1.29 is 55.7 Å². The lowest BCUT2D eigenvalue weighted by Gasteiger charge is -2.47. The normalized spacial score (nSPS) is 20.7. The molecule has 17 heteroatoms. The summed E-state index contributed by atoms with van der Waals surface area (Å²) < 4.78 is 63.5. The fourth-order valence-corrected chi connectivity index (χ4v) is 6.32. The zero-order valence-electron chi connectivity index (χ0n) is 25.4. The number of hydrogen-bond acceptors (Lipinski definition) is 6. The first-order valence-electron chi connectivity index (χ1n) is 14.6. The summed E-state index contributed by atoms with van der Waals surface area (Å²) in [6.45, 7) is 7.56. The van der Waals surface area contributed by atoms with Crippen LogP contribution in [-0.4, -0.2) is 105 Å². The van der Waals surface area contributed by atoms with Gasteiger partial charge in [0.25, 0.3) is 0 Å². The quantitative estimate of drug-likeness (QED) is 0.396. The molecular weight excluding hydrogens is 640 g/mol. The zero-order chi connectivity index (χ0) is 35.0. The van der Waals surface area contributed by atoms with Crippen molar-refractivity contribution in [2.75, 3.05) is 44.6 Å². The number of para-hydroxylation sites is 1. The molecule has 1 aromatic carbocycles. The van der Waals surface area contributed by atoms with E-state index in [0.29, 0.717) is 19.0 Å². The Morgan fingerprint density at radius 1 is 0.872 bits per heavy atom. The molecule has 258 valence electrons. The van der Waals surface area contributed by atoms with Crippen molar-refractivity contribution >= 4 is 29.6 Å². The number of anilines is 1. The van der Waals surface area contributed by atoms with Crippen LogP contribution in [0.1, 0.15) is 31.7 Å². The van der Waals surface area contributed by atoms with Gasteiger partial charge in [0.15, 0.2) is 0 Å². The molecule has 1 unspecified atom stereocenters. The van der Waals surface area contributed by atoms with E-state index in [1.165, 1.54) is 5.56 Å². The molecule has 3 N–H and O–H groups in total. The molecule has 2 aromatic rings. The number of halogens is 6. The molecule has 2 spiro atoms. The molecule has 47 heavy (non-hydrogen) atoms. The third-order valence-electron chi connectivity index (χ3n) is 8.57. The molecule has 0 saturated carbocycles. The highest BCUT2D eigenvalue weighted by molar-refractivity contribution is 5.90. The van der Waals surface area contributed by atoms with Gasteiger partial charge in [-0.25, -0.2) is 14.4 Å². The minimum Gasteiger partial charge on any atom is -0.475 e. The standard InChI is InChI=1S/C26H33N5O2.2C2HF3O2/c1-2-30-16-12-26(23(30)32)20-29(18-21-7-6-13-27-17-21)19-25(26)10-14-31(15-11-25)24(33)28-22-8-4-3-5-9-22;2*3-2(4,5)1(6)7/h3-9,13,17H,2,10-12,14-16,18-20H2,1H3,(H,28,33);2*(H,6,7). The van der Waals surface area contributed by atoms with E-state index >= 15 is 0 Å². The second kappa shape index (κ2) is 15.0. The van der Waals surface area contributed by atoms with Gasteiger partial charge in [0.1, 0.15) is 0 Å². The monoisotopic (exact) mass is 675 g/mol. The van der Waals surface area contributed by atoms with Crippen LogP contribution in [0.15, 0.2) is 54.9 Å². The van der Waals surface area contributed by atoms with Gasteiger partial charge >= 0.3 is 30.3 Å². The van der Waals surface area contributed by atoms with Crippen molar-refractivity contribution in [2.45, 2.75) is 45.1 Å². The van der Waals surface area contributed by atoms with Gasteiger partial charge in [-0.1, -0.05) is 24.3 Å². The van der Waals surface area contributed by atoms with Crippen molar-refractivity contribution in [1.82, 2.24) is 19.7 Å². The summed E-state index contributed by atoms with van der Waals surface area (Å²) in [6.07, 6.45) is -3.81. The van der Waals surface area contributed by atoms with Gasteiger partial charge in [0.2, 0.25) is 5.91 Å². The Bertz CT molecular complexity index is 1360. The summed E-state index contributed by atoms with van der Waals surface area (Å²) in [5.41, 5.74) is 1.57. The molecule has 3 amide bonds. The Kier molecular flexibility index (Phi) is 11.8. The summed E-state index contributed by atoms with van der Waals surface area (Å²) in [5.74, 6) is -5.19. The SMILES string of the molecule is CCN1CCC2(CN(Cc3cccnc3)CC23CCN(C(=O)Nc2ccccc2)CC3)C1=O.O=C(O)C(F)(F)F.O=C(O)C(F)(F)F. The first kappa shape index (κ1) is 37.1. The summed E-state index contributed by atoms with van der Waals surface area (Å²) in [4.78, 5) is 55.0. The van der Waals surface area contributed by atoms with Gasteiger partial charge in [-0.3, -0.25) is 14.7 Å². The van der Waals surface area contributed by atoms with Crippen LogP contribution >= 0.6 is 0 Å². The lowest BCUT2D eigenvalue weighted by molar-refractivity contribution is -0.193. The van der Waals surface area contributed by atoms with Crippen molar-refractivity contribution in [3.8, 4) is 0 Å². The van der Waals surface area contributed by atoms with Gasteiger partial charge in [0, 0.05) is 69.3 Å². The predicted molar refractivity (Wildman–Crippen MR) is 155 cm³/mol. The number of hydrogen-bond donors (Lipinski definition) is 3. The molecule has 3 fully saturated rings. The number of piperidine rings is 1.